The molecule has 0 aliphatic carbocycles. The van der Waals surface area contributed by atoms with Crippen molar-refractivity contribution in [2.24, 2.45) is 23.7 Å². The summed E-state index contributed by atoms with van der Waals surface area (Å²) in [6, 6.07) is 21.7. The third-order valence-electron chi connectivity index (χ3n) is 9.64. The Morgan fingerprint density at radius 1 is 1.00 bits per heavy atom. The van der Waals surface area contributed by atoms with Crippen molar-refractivity contribution in [2.45, 2.75) is 55.7 Å². The highest BCUT2D eigenvalue weighted by atomic mass is 32.2. The Balaban J connectivity index is 1.39. The zero-order chi connectivity index (χ0) is 28.9. The first-order chi connectivity index (χ1) is 19.8. The van der Waals surface area contributed by atoms with Gasteiger partial charge in [0.1, 0.15) is 6.04 Å². The highest BCUT2D eigenvalue weighted by Crippen LogP contribution is 2.69. The Morgan fingerprint density at radius 2 is 1.68 bits per heavy atom. The maximum atomic E-state index is 14.5. The second-order valence-corrected chi connectivity index (χ2v) is 13.4. The number of nitrogens with zero attached hydrogens (tertiary/aromatic N) is 1. The van der Waals surface area contributed by atoms with Gasteiger partial charge in [-0.25, -0.2) is 0 Å². The molecule has 3 aliphatic rings. The molecule has 3 aliphatic heterocycles. The number of hydrogen-bond acceptors (Lipinski definition) is 5. The molecule has 3 fully saturated rings. The number of nitrogens with one attached hydrogen (secondary N) is 2. The quantitative estimate of drug-likeness (QED) is 0.347. The number of anilines is 2. The van der Waals surface area contributed by atoms with Gasteiger partial charge < -0.3 is 20.6 Å². The van der Waals surface area contributed by atoms with Gasteiger partial charge in [-0.05, 0) is 53.3 Å². The first-order valence-corrected chi connectivity index (χ1v) is 15.4. The number of benzene rings is 3. The number of likely N-dealkylation sites (tertiary alicyclic amines) is 1. The van der Waals surface area contributed by atoms with Crippen LogP contribution in [0.2, 0.25) is 0 Å². The number of aliphatic hydroxyl groups excluding tert-OH is 1. The smallest absolute Gasteiger partial charge is 0.248 e. The van der Waals surface area contributed by atoms with Crippen LogP contribution in [-0.4, -0.2) is 56.4 Å². The molecule has 8 heteroatoms. The molecular weight excluding hydrogens is 534 g/mol. The summed E-state index contributed by atoms with van der Waals surface area (Å²) in [7, 11) is 0. The van der Waals surface area contributed by atoms with E-state index in [2.05, 4.69) is 17.6 Å². The summed E-state index contributed by atoms with van der Waals surface area (Å²) in [6.07, 6.45) is 1.50. The molecule has 0 saturated carbocycles. The zero-order valence-electron chi connectivity index (χ0n) is 23.6. The van der Waals surface area contributed by atoms with E-state index in [4.69, 9.17) is 0 Å². The van der Waals surface area contributed by atoms with Crippen LogP contribution in [0, 0.1) is 23.7 Å². The number of carbonyl (C=O) groups excluding carboxylic acids is 3. The van der Waals surface area contributed by atoms with Gasteiger partial charge in [-0.1, -0.05) is 75.7 Å². The average Bonchev–Trinajstić information content (AvgIpc) is 3.57. The van der Waals surface area contributed by atoms with E-state index in [1.54, 1.807) is 16.7 Å². The lowest BCUT2D eigenvalue weighted by Crippen LogP contribution is -2.58. The van der Waals surface area contributed by atoms with Gasteiger partial charge in [-0.2, -0.15) is 0 Å². The molecule has 3 saturated heterocycles. The van der Waals surface area contributed by atoms with E-state index >= 15 is 0 Å². The Hall–Kier alpha value is -3.36. The van der Waals surface area contributed by atoms with Crippen LogP contribution in [-0.2, 0) is 14.4 Å². The van der Waals surface area contributed by atoms with Gasteiger partial charge in [0, 0.05) is 16.6 Å². The second-order valence-electron chi connectivity index (χ2n) is 11.8. The van der Waals surface area contributed by atoms with Crippen LogP contribution in [0.4, 0.5) is 11.4 Å². The van der Waals surface area contributed by atoms with Gasteiger partial charge in [0.05, 0.1) is 29.2 Å². The fraction of sp³-hybridized carbons (Fsp3) is 0.424. The highest BCUT2D eigenvalue weighted by Gasteiger charge is 2.76. The predicted octanol–water partition coefficient (Wildman–Crippen LogP) is 5.16. The highest BCUT2D eigenvalue weighted by molar-refractivity contribution is 8.02. The van der Waals surface area contributed by atoms with Crippen LogP contribution in [0.5, 0.6) is 0 Å². The van der Waals surface area contributed by atoms with E-state index in [1.807, 2.05) is 86.6 Å². The SMILES string of the molecule is CC[C@H](C)[C@H](CO)N1C(=O)[C@@H]2[C@H](C(=O)Nc3ccccc3)[C@@H]3CC(C)C2(S3)C1C(=O)Nc1ccc2ccccc2c1. The lowest BCUT2D eigenvalue weighted by atomic mass is 9.66. The van der Waals surface area contributed by atoms with E-state index < -0.39 is 28.7 Å². The predicted molar refractivity (Wildman–Crippen MR) is 163 cm³/mol. The van der Waals surface area contributed by atoms with Crippen LogP contribution in [0.15, 0.2) is 72.8 Å². The van der Waals surface area contributed by atoms with Crippen LogP contribution >= 0.6 is 11.8 Å². The maximum absolute atomic E-state index is 14.5. The Kier molecular flexibility index (Phi) is 7.32. The average molecular weight is 572 g/mol. The molecule has 2 bridgehead atoms. The summed E-state index contributed by atoms with van der Waals surface area (Å²) in [4.78, 5) is 44.3. The van der Waals surface area contributed by atoms with E-state index in [0.29, 0.717) is 11.4 Å². The van der Waals surface area contributed by atoms with Crippen molar-refractivity contribution in [3.05, 3.63) is 72.8 Å². The lowest BCUT2D eigenvalue weighted by molar-refractivity contribution is -0.142. The number of hydrogen-bond donors (Lipinski definition) is 3. The van der Waals surface area contributed by atoms with Crippen LogP contribution in [0.3, 0.4) is 0 Å². The summed E-state index contributed by atoms with van der Waals surface area (Å²) in [6.45, 7) is 5.89. The maximum Gasteiger partial charge on any atom is 0.248 e. The van der Waals surface area contributed by atoms with Gasteiger partial charge >= 0.3 is 0 Å². The standard InChI is InChI=1S/C33H37N3O4S/c1-4-19(2)25(18-37)36-29(31(39)35-24-15-14-21-10-8-9-11-22(21)17-24)33-20(3)16-26(41-33)27(28(33)32(36)40)30(38)34-23-12-6-5-7-13-23/h5-15,17,19-20,25-29,37H,4,16,18H2,1-3H3,(H,34,38)(H,35,39)/t19-,20?,25-,26-,27+,28-,29?,33?/m0/s1. The molecule has 3 amide bonds. The van der Waals surface area contributed by atoms with Crippen LogP contribution < -0.4 is 10.6 Å². The number of thioether (sulfide) groups is 1. The molecule has 3 aromatic carbocycles. The molecule has 7 nitrogen and oxygen atoms in total. The van der Waals surface area contributed by atoms with Crippen molar-refractivity contribution >= 4 is 51.6 Å². The topological polar surface area (TPSA) is 98.7 Å². The van der Waals surface area contributed by atoms with Crippen molar-refractivity contribution in [1.82, 2.24) is 4.90 Å². The number of rotatable bonds is 8. The molecular formula is C33H37N3O4S. The minimum Gasteiger partial charge on any atom is -0.394 e. The summed E-state index contributed by atoms with van der Waals surface area (Å²) < 4.78 is -0.762. The lowest BCUT2D eigenvalue weighted by Gasteiger charge is -2.41. The molecule has 0 aromatic heterocycles. The van der Waals surface area contributed by atoms with Gasteiger partial charge in [0.15, 0.2) is 0 Å². The number of fused-ring (bicyclic) bond motifs is 2. The summed E-state index contributed by atoms with van der Waals surface area (Å²) >= 11 is 1.64. The van der Waals surface area contributed by atoms with Gasteiger partial charge in [0.2, 0.25) is 17.7 Å². The summed E-state index contributed by atoms with van der Waals surface area (Å²) in [5, 5.41) is 18.8. The van der Waals surface area contributed by atoms with Gasteiger partial charge in [-0.15, -0.1) is 11.8 Å². The van der Waals surface area contributed by atoms with Crippen molar-refractivity contribution in [3.8, 4) is 0 Å². The molecule has 8 atom stereocenters. The number of carbonyl (C=O) groups is 3. The van der Waals surface area contributed by atoms with Crippen molar-refractivity contribution in [3.63, 3.8) is 0 Å². The Bertz CT molecular complexity index is 1480. The number of aliphatic hydroxyl groups is 1. The molecule has 3 heterocycles. The molecule has 3 unspecified atom stereocenters. The van der Waals surface area contributed by atoms with E-state index in [1.165, 1.54) is 0 Å². The van der Waals surface area contributed by atoms with E-state index in [0.717, 1.165) is 23.6 Å². The molecule has 1 spiro atoms. The Morgan fingerprint density at radius 3 is 2.39 bits per heavy atom. The molecule has 41 heavy (non-hydrogen) atoms. The second kappa shape index (κ2) is 10.8. The molecule has 3 N–H and O–H groups in total. The monoisotopic (exact) mass is 571 g/mol. The minimum atomic E-state index is -0.808. The minimum absolute atomic E-state index is 0.0238. The Labute approximate surface area is 245 Å². The summed E-state index contributed by atoms with van der Waals surface area (Å²) in [5.41, 5.74) is 1.35. The molecule has 0 radical (unpaired) electrons. The third-order valence-corrected chi connectivity index (χ3v) is 11.7. The summed E-state index contributed by atoms with van der Waals surface area (Å²) in [5.74, 6) is -1.82. The van der Waals surface area contributed by atoms with Gasteiger partial charge in [-0.3, -0.25) is 14.4 Å². The third kappa shape index (κ3) is 4.43. The fourth-order valence-electron chi connectivity index (χ4n) is 7.46. The largest absolute Gasteiger partial charge is 0.394 e. The zero-order valence-corrected chi connectivity index (χ0v) is 24.4. The van der Waals surface area contributed by atoms with E-state index in [9.17, 15) is 19.5 Å². The van der Waals surface area contributed by atoms with E-state index in [-0.39, 0.29) is 41.4 Å². The molecule has 214 valence electrons. The van der Waals surface area contributed by atoms with Crippen molar-refractivity contribution in [1.29, 1.82) is 0 Å². The van der Waals surface area contributed by atoms with Gasteiger partial charge in [0.25, 0.3) is 0 Å². The first-order valence-electron chi connectivity index (χ1n) is 14.6. The van der Waals surface area contributed by atoms with Crippen LogP contribution in [0.25, 0.3) is 10.8 Å². The fourth-order valence-corrected chi connectivity index (χ4v) is 9.86. The molecule has 6 rings (SSSR count). The number of para-hydroxylation sites is 1. The molecule has 3 aromatic rings. The van der Waals surface area contributed by atoms with Crippen molar-refractivity contribution in [2.75, 3.05) is 17.2 Å². The van der Waals surface area contributed by atoms with Crippen molar-refractivity contribution < 1.29 is 19.5 Å². The normalized spacial score (nSPS) is 29.8. The number of amides is 3. The van der Waals surface area contributed by atoms with Crippen LogP contribution in [0.1, 0.15) is 33.6 Å². The first kappa shape index (κ1) is 27.8.